The van der Waals surface area contributed by atoms with Gasteiger partial charge in [-0.15, -0.1) is 0 Å². The van der Waals surface area contributed by atoms with Crippen molar-refractivity contribution in [3.8, 4) is 0 Å². The van der Waals surface area contributed by atoms with Crippen LogP contribution < -0.4 is 4.90 Å². The lowest BCUT2D eigenvalue weighted by Crippen LogP contribution is -2.40. The van der Waals surface area contributed by atoms with E-state index >= 15 is 0 Å². The number of aromatic carboxylic acids is 1. The maximum absolute atomic E-state index is 14.3. The molecular formula is C14H17BrFNO2. The van der Waals surface area contributed by atoms with Gasteiger partial charge in [0, 0.05) is 13.1 Å². The molecule has 1 fully saturated rings. The summed E-state index contributed by atoms with van der Waals surface area (Å²) < 4.78 is 14.3. The molecule has 0 aromatic heterocycles. The molecular weight excluding hydrogens is 313 g/mol. The van der Waals surface area contributed by atoms with E-state index in [1.165, 1.54) is 6.07 Å². The monoisotopic (exact) mass is 329 g/mol. The van der Waals surface area contributed by atoms with Crippen molar-refractivity contribution >= 4 is 27.6 Å². The summed E-state index contributed by atoms with van der Waals surface area (Å²) in [6.45, 7) is 5.91. The van der Waals surface area contributed by atoms with Gasteiger partial charge < -0.3 is 10.0 Å². The van der Waals surface area contributed by atoms with E-state index in [1.807, 2.05) is 4.90 Å². The standard InChI is InChI=1S/C14H17BrFNO2/c1-14(2)6-3-7-17(8-14)10-5-4-9(13(18)19)11(15)12(10)16/h4-5H,3,6-8H2,1-2H3,(H,18,19). The van der Waals surface area contributed by atoms with Crippen molar-refractivity contribution in [2.45, 2.75) is 26.7 Å². The van der Waals surface area contributed by atoms with Crippen molar-refractivity contribution in [2.24, 2.45) is 5.41 Å². The Morgan fingerprint density at radius 3 is 2.74 bits per heavy atom. The lowest BCUT2D eigenvalue weighted by Gasteiger charge is -2.39. The van der Waals surface area contributed by atoms with Gasteiger partial charge >= 0.3 is 5.97 Å². The van der Waals surface area contributed by atoms with Crippen LogP contribution in [0.3, 0.4) is 0 Å². The van der Waals surface area contributed by atoms with E-state index in [2.05, 4.69) is 29.8 Å². The highest BCUT2D eigenvalue weighted by Gasteiger charge is 2.29. The van der Waals surface area contributed by atoms with Gasteiger partial charge in [0.15, 0.2) is 5.82 Å². The Hall–Kier alpha value is -1.10. The highest BCUT2D eigenvalue weighted by Crippen LogP contribution is 2.35. The zero-order chi connectivity index (χ0) is 14.2. The summed E-state index contributed by atoms with van der Waals surface area (Å²) in [5.74, 6) is -1.62. The van der Waals surface area contributed by atoms with E-state index in [9.17, 15) is 9.18 Å². The molecule has 19 heavy (non-hydrogen) atoms. The van der Waals surface area contributed by atoms with E-state index in [-0.39, 0.29) is 15.5 Å². The smallest absolute Gasteiger partial charge is 0.336 e. The largest absolute Gasteiger partial charge is 0.478 e. The fourth-order valence-corrected chi connectivity index (χ4v) is 3.08. The Kier molecular flexibility index (Phi) is 3.85. The Balaban J connectivity index is 2.36. The number of nitrogens with zero attached hydrogens (tertiary/aromatic N) is 1. The van der Waals surface area contributed by atoms with Gasteiger partial charge in [-0.2, -0.15) is 0 Å². The highest BCUT2D eigenvalue weighted by atomic mass is 79.9. The van der Waals surface area contributed by atoms with Crippen molar-refractivity contribution in [1.29, 1.82) is 0 Å². The maximum atomic E-state index is 14.3. The average Bonchev–Trinajstić information content (AvgIpc) is 2.30. The third kappa shape index (κ3) is 2.91. The molecule has 0 unspecified atom stereocenters. The van der Waals surface area contributed by atoms with Crippen LogP contribution in [0.2, 0.25) is 0 Å². The summed E-state index contributed by atoms with van der Waals surface area (Å²) in [7, 11) is 0. The molecule has 1 N–H and O–H groups in total. The third-order valence-electron chi connectivity index (χ3n) is 3.53. The highest BCUT2D eigenvalue weighted by molar-refractivity contribution is 9.10. The van der Waals surface area contributed by atoms with Gasteiger partial charge in [0.25, 0.3) is 0 Å². The summed E-state index contributed by atoms with van der Waals surface area (Å²) in [6.07, 6.45) is 2.14. The molecule has 0 spiro atoms. The molecule has 1 saturated heterocycles. The molecule has 0 aliphatic carbocycles. The van der Waals surface area contributed by atoms with Gasteiger partial charge in [0.2, 0.25) is 0 Å². The molecule has 2 rings (SSSR count). The van der Waals surface area contributed by atoms with Crippen molar-refractivity contribution in [3.63, 3.8) is 0 Å². The number of rotatable bonds is 2. The predicted octanol–water partition coefficient (Wildman–Crippen LogP) is 3.91. The number of carbonyl (C=O) groups is 1. The van der Waals surface area contributed by atoms with Crippen LogP contribution in [0.5, 0.6) is 0 Å². The number of halogens is 2. The molecule has 0 radical (unpaired) electrons. The Morgan fingerprint density at radius 1 is 1.47 bits per heavy atom. The number of benzene rings is 1. The van der Waals surface area contributed by atoms with Crippen LogP contribution in [-0.4, -0.2) is 24.2 Å². The van der Waals surface area contributed by atoms with Gasteiger partial charge in [-0.3, -0.25) is 0 Å². The Labute approximate surface area is 120 Å². The van der Waals surface area contributed by atoms with Gasteiger partial charge in [-0.25, -0.2) is 9.18 Å². The van der Waals surface area contributed by atoms with Crippen LogP contribution in [0.4, 0.5) is 10.1 Å². The van der Waals surface area contributed by atoms with Crippen molar-refractivity contribution in [3.05, 3.63) is 28.0 Å². The van der Waals surface area contributed by atoms with Crippen LogP contribution in [-0.2, 0) is 0 Å². The number of carboxylic acid groups (broad SMARTS) is 1. The van der Waals surface area contributed by atoms with Crippen molar-refractivity contribution in [2.75, 3.05) is 18.0 Å². The number of hydrogen-bond donors (Lipinski definition) is 1. The lowest BCUT2D eigenvalue weighted by atomic mass is 9.84. The summed E-state index contributed by atoms with van der Waals surface area (Å²) in [4.78, 5) is 12.9. The van der Waals surface area contributed by atoms with Crippen LogP contribution in [0.25, 0.3) is 0 Å². The molecule has 0 atom stereocenters. The first-order chi connectivity index (χ1) is 8.82. The molecule has 1 aliphatic heterocycles. The van der Waals surface area contributed by atoms with E-state index in [0.29, 0.717) is 5.69 Å². The average molecular weight is 330 g/mol. The van der Waals surface area contributed by atoms with Gasteiger partial charge in [0.05, 0.1) is 15.7 Å². The first-order valence-corrected chi connectivity index (χ1v) is 7.07. The van der Waals surface area contributed by atoms with Crippen molar-refractivity contribution < 1.29 is 14.3 Å². The number of hydrogen-bond acceptors (Lipinski definition) is 2. The Bertz CT molecular complexity index is 516. The van der Waals surface area contributed by atoms with Crippen molar-refractivity contribution in [1.82, 2.24) is 0 Å². The summed E-state index contributed by atoms with van der Waals surface area (Å²) in [6, 6.07) is 3.01. The molecule has 0 amide bonds. The second-order valence-corrected chi connectivity index (χ2v) is 6.55. The summed E-state index contributed by atoms with van der Waals surface area (Å²) in [5.41, 5.74) is 0.588. The number of carboxylic acids is 1. The van der Waals surface area contributed by atoms with E-state index in [0.717, 1.165) is 25.9 Å². The van der Waals surface area contributed by atoms with Gasteiger partial charge in [-0.05, 0) is 46.3 Å². The number of anilines is 1. The van der Waals surface area contributed by atoms with Crippen LogP contribution in [0, 0.1) is 11.2 Å². The molecule has 0 bridgehead atoms. The fraction of sp³-hybridized carbons (Fsp3) is 0.500. The zero-order valence-corrected chi connectivity index (χ0v) is 12.6. The van der Waals surface area contributed by atoms with E-state index in [4.69, 9.17) is 5.11 Å². The van der Waals surface area contributed by atoms with Gasteiger partial charge in [0.1, 0.15) is 0 Å². The molecule has 1 heterocycles. The van der Waals surface area contributed by atoms with E-state index < -0.39 is 11.8 Å². The second-order valence-electron chi connectivity index (χ2n) is 5.75. The summed E-state index contributed by atoms with van der Waals surface area (Å²) in [5, 5.41) is 8.96. The topological polar surface area (TPSA) is 40.5 Å². The predicted molar refractivity (Wildman–Crippen MR) is 76.3 cm³/mol. The quantitative estimate of drug-likeness (QED) is 0.894. The second kappa shape index (κ2) is 5.12. The minimum absolute atomic E-state index is 0.0286. The molecule has 5 heteroatoms. The molecule has 1 aromatic carbocycles. The van der Waals surface area contributed by atoms with E-state index in [1.54, 1.807) is 6.07 Å². The minimum Gasteiger partial charge on any atom is -0.478 e. The zero-order valence-electron chi connectivity index (χ0n) is 11.0. The fourth-order valence-electron chi connectivity index (χ4n) is 2.58. The minimum atomic E-state index is -1.13. The Morgan fingerprint density at radius 2 is 2.16 bits per heavy atom. The molecule has 0 saturated carbocycles. The van der Waals surface area contributed by atoms with Gasteiger partial charge in [-0.1, -0.05) is 13.8 Å². The first kappa shape index (κ1) is 14.3. The molecule has 104 valence electrons. The molecule has 1 aliphatic rings. The van der Waals surface area contributed by atoms with Crippen LogP contribution >= 0.6 is 15.9 Å². The maximum Gasteiger partial charge on any atom is 0.336 e. The SMILES string of the molecule is CC1(C)CCCN(c2ccc(C(=O)O)c(Br)c2F)C1. The normalized spacial score (nSPS) is 18.4. The third-order valence-corrected chi connectivity index (χ3v) is 4.31. The van der Waals surface area contributed by atoms with Crippen LogP contribution in [0.1, 0.15) is 37.0 Å². The molecule has 1 aromatic rings. The number of piperidine rings is 1. The first-order valence-electron chi connectivity index (χ1n) is 6.28. The summed E-state index contributed by atoms with van der Waals surface area (Å²) >= 11 is 3.04. The molecule has 3 nitrogen and oxygen atoms in total. The lowest BCUT2D eigenvalue weighted by molar-refractivity contribution is 0.0695. The van der Waals surface area contributed by atoms with Crippen LogP contribution in [0.15, 0.2) is 16.6 Å².